The van der Waals surface area contributed by atoms with Crippen molar-refractivity contribution in [3.8, 4) is 0 Å². The Kier molecular flexibility index (Phi) is 3.64. The summed E-state index contributed by atoms with van der Waals surface area (Å²) in [6, 6.07) is 22.7. The molecule has 2 aromatic carbocycles. The molecule has 0 bridgehead atoms. The largest absolute Gasteiger partial charge is 0.359 e. The van der Waals surface area contributed by atoms with Crippen LogP contribution >= 0.6 is 0 Å². The third kappa shape index (κ3) is 2.53. The summed E-state index contributed by atoms with van der Waals surface area (Å²) in [5.74, 6) is 0. The van der Waals surface area contributed by atoms with Gasteiger partial charge in [0.2, 0.25) is 0 Å². The highest BCUT2D eigenvalue weighted by molar-refractivity contribution is 5.82. The van der Waals surface area contributed by atoms with Crippen molar-refractivity contribution in [3.63, 3.8) is 0 Å². The van der Waals surface area contributed by atoms with Crippen molar-refractivity contribution in [1.82, 2.24) is 9.97 Å². The maximum absolute atomic E-state index is 4.33. The molecule has 2 aromatic heterocycles. The van der Waals surface area contributed by atoms with Crippen molar-refractivity contribution < 1.29 is 0 Å². The smallest absolute Gasteiger partial charge is 0.0799 e. The van der Waals surface area contributed by atoms with E-state index in [-0.39, 0.29) is 6.04 Å². The summed E-state index contributed by atoms with van der Waals surface area (Å²) in [6.45, 7) is 0.971. The molecule has 3 heteroatoms. The lowest BCUT2D eigenvalue weighted by Gasteiger charge is -2.39. The second-order valence-corrected chi connectivity index (χ2v) is 6.66. The quantitative estimate of drug-likeness (QED) is 0.536. The molecule has 3 nitrogen and oxygen atoms in total. The second kappa shape index (κ2) is 6.26. The zero-order chi connectivity index (χ0) is 17.3. The number of benzene rings is 2. The highest BCUT2D eigenvalue weighted by Gasteiger charge is 2.29. The number of rotatable bonds is 2. The Hall–Kier alpha value is -3.20. The van der Waals surface area contributed by atoms with Crippen LogP contribution in [0.2, 0.25) is 0 Å². The van der Waals surface area contributed by atoms with E-state index in [1.807, 2.05) is 36.9 Å². The van der Waals surface area contributed by atoms with E-state index in [9.17, 15) is 0 Å². The van der Waals surface area contributed by atoms with Crippen LogP contribution < -0.4 is 4.90 Å². The van der Waals surface area contributed by atoms with E-state index in [0.717, 1.165) is 18.7 Å². The zero-order valence-corrected chi connectivity index (χ0v) is 14.3. The molecule has 0 fully saturated rings. The molecule has 0 saturated carbocycles. The van der Waals surface area contributed by atoms with E-state index < -0.39 is 0 Å². The summed E-state index contributed by atoms with van der Waals surface area (Å²) in [5.41, 5.74) is 5.15. The fourth-order valence-electron chi connectivity index (χ4n) is 3.93. The third-order valence-electron chi connectivity index (χ3n) is 5.18. The van der Waals surface area contributed by atoms with E-state index >= 15 is 0 Å². The van der Waals surface area contributed by atoms with Crippen molar-refractivity contribution in [1.29, 1.82) is 0 Å². The van der Waals surface area contributed by atoms with Gasteiger partial charge in [-0.2, -0.15) is 0 Å². The molecule has 5 rings (SSSR count). The first-order chi connectivity index (χ1) is 12.9. The van der Waals surface area contributed by atoms with Gasteiger partial charge in [-0.25, -0.2) is 0 Å². The maximum atomic E-state index is 4.33. The molecular weight excluding hydrogens is 318 g/mol. The summed E-state index contributed by atoms with van der Waals surface area (Å²) in [7, 11) is 0. The van der Waals surface area contributed by atoms with Gasteiger partial charge in [0.25, 0.3) is 0 Å². The van der Waals surface area contributed by atoms with Gasteiger partial charge < -0.3 is 4.90 Å². The molecule has 1 radical (unpaired) electrons. The molecule has 125 valence electrons. The molecule has 3 heterocycles. The summed E-state index contributed by atoms with van der Waals surface area (Å²) in [4.78, 5) is 11.1. The van der Waals surface area contributed by atoms with Crippen LogP contribution in [-0.4, -0.2) is 16.5 Å². The molecule has 0 saturated heterocycles. The average molecular weight is 336 g/mol. The normalized spacial score (nSPS) is 16.5. The molecule has 1 unspecified atom stereocenters. The SMILES string of the molecule is [c]1ccc2c(c1)C(c1ccc3ccncc3c1)N(c1cccnc1)CC2. The van der Waals surface area contributed by atoms with Gasteiger partial charge in [0, 0.05) is 30.5 Å². The van der Waals surface area contributed by atoms with E-state index in [1.54, 1.807) is 0 Å². The molecule has 4 aromatic rings. The predicted molar refractivity (Wildman–Crippen MR) is 104 cm³/mol. The van der Waals surface area contributed by atoms with Gasteiger partial charge in [-0.15, -0.1) is 0 Å². The molecule has 0 N–H and O–H groups in total. The number of nitrogens with zero attached hydrogens (tertiary/aromatic N) is 3. The van der Waals surface area contributed by atoms with Crippen LogP contribution in [0.4, 0.5) is 5.69 Å². The van der Waals surface area contributed by atoms with Gasteiger partial charge in [0.15, 0.2) is 0 Å². The van der Waals surface area contributed by atoms with Crippen molar-refractivity contribution in [2.24, 2.45) is 0 Å². The Morgan fingerprint density at radius 1 is 0.962 bits per heavy atom. The van der Waals surface area contributed by atoms with Crippen molar-refractivity contribution in [2.75, 3.05) is 11.4 Å². The summed E-state index contributed by atoms with van der Waals surface area (Å²) in [6.07, 6.45) is 8.59. The van der Waals surface area contributed by atoms with Crippen molar-refractivity contribution in [2.45, 2.75) is 12.5 Å². The molecule has 0 spiro atoms. The first kappa shape index (κ1) is 15.1. The molecule has 0 aliphatic carbocycles. The molecule has 1 atom stereocenters. The van der Waals surface area contributed by atoms with Crippen LogP contribution in [0.5, 0.6) is 0 Å². The summed E-state index contributed by atoms with van der Waals surface area (Å²) >= 11 is 0. The third-order valence-corrected chi connectivity index (χ3v) is 5.18. The van der Waals surface area contributed by atoms with Gasteiger partial charge >= 0.3 is 0 Å². The standard InChI is InChI=1S/C23H18N3/c1-2-6-22-18(4-1)10-13-26(21-5-3-11-24-16-21)23(22)19-8-7-17-9-12-25-15-20(17)14-19/h1,3-9,11-12,14-16,23H,10,13H2. The van der Waals surface area contributed by atoms with E-state index in [2.05, 4.69) is 63.4 Å². The predicted octanol–water partition coefficient (Wildman–Crippen LogP) is 4.58. The van der Waals surface area contributed by atoms with Gasteiger partial charge in [-0.1, -0.05) is 24.3 Å². The van der Waals surface area contributed by atoms with E-state index in [0.29, 0.717) is 0 Å². The van der Waals surface area contributed by atoms with Crippen LogP contribution in [0.25, 0.3) is 10.8 Å². The van der Waals surface area contributed by atoms with Crippen LogP contribution in [0, 0.1) is 6.07 Å². The Morgan fingerprint density at radius 3 is 2.85 bits per heavy atom. The monoisotopic (exact) mass is 336 g/mol. The fraction of sp³-hybridized carbons (Fsp3) is 0.130. The lowest BCUT2D eigenvalue weighted by Crippen LogP contribution is -2.36. The van der Waals surface area contributed by atoms with Crippen LogP contribution in [0.3, 0.4) is 0 Å². The van der Waals surface area contributed by atoms with E-state index in [4.69, 9.17) is 0 Å². The highest BCUT2D eigenvalue weighted by atomic mass is 15.2. The summed E-state index contributed by atoms with van der Waals surface area (Å²) < 4.78 is 0. The maximum Gasteiger partial charge on any atom is 0.0799 e. The minimum Gasteiger partial charge on any atom is -0.359 e. The number of aromatic nitrogens is 2. The van der Waals surface area contributed by atoms with Crippen LogP contribution in [0.15, 0.2) is 79.4 Å². The number of fused-ring (bicyclic) bond motifs is 2. The topological polar surface area (TPSA) is 29.0 Å². The highest BCUT2D eigenvalue weighted by Crippen LogP contribution is 2.38. The minimum atomic E-state index is 0.157. The first-order valence-corrected chi connectivity index (χ1v) is 8.89. The van der Waals surface area contributed by atoms with Crippen LogP contribution in [-0.2, 0) is 6.42 Å². The average Bonchev–Trinajstić information content (AvgIpc) is 2.73. The first-order valence-electron chi connectivity index (χ1n) is 8.89. The van der Waals surface area contributed by atoms with Gasteiger partial charge in [-0.3, -0.25) is 9.97 Å². The Labute approximate surface area is 153 Å². The van der Waals surface area contributed by atoms with Crippen LogP contribution in [0.1, 0.15) is 22.7 Å². The molecule has 1 aliphatic heterocycles. The lowest BCUT2D eigenvalue weighted by molar-refractivity contribution is 0.652. The molecule has 0 amide bonds. The molecule has 1 aliphatic rings. The fourth-order valence-corrected chi connectivity index (χ4v) is 3.93. The summed E-state index contributed by atoms with van der Waals surface area (Å²) in [5, 5.41) is 2.38. The van der Waals surface area contributed by atoms with Crippen molar-refractivity contribution >= 4 is 16.5 Å². The number of anilines is 1. The zero-order valence-electron chi connectivity index (χ0n) is 14.3. The Bertz CT molecular complexity index is 1060. The number of hydrogen-bond donors (Lipinski definition) is 0. The van der Waals surface area contributed by atoms with Gasteiger partial charge in [-0.05, 0) is 64.9 Å². The lowest BCUT2D eigenvalue weighted by atomic mass is 9.87. The van der Waals surface area contributed by atoms with Gasteiger partial charge in [0.05, 0.1) is 17.9 Å². The van der Waals surface area contributed by atoms with E-state index in [1.165, 1.54) is 27.5 Å². The number of pyridine rings is 2. The second-order valence-electron chi connectivity index (χ2n) is 6.66. The van der Waals surface area contributed by atoms with Gasteiger partial charge in [0.1, 0.15) is 0 Å². The Balaban J connectivity index is 1.69. The van der Waals surface area contributed by atoms with Crippen molar-refractivity contribution in [3.05, 3.63) is 102 Å². The molecule has 26 heavy (non-hydrogen) atoms. The number of hydrogen-bond acceptors (Lipinski definition) is 3. The Morgan fingerprint density at radius 2 is 1.92 bits per heavy atom. The molecular formula is C23H18N3. The minimum absolute atomic E-state index is 0.157.